The zero-order chi connectivity index (χ0) is 14.0. The van der Waals surface area contributed by atoms with E-state index in [1.54, 1.807) is 0 Å². The molecule has 0 aliphatic heterocycles. The molecule has 0 N–H and O–H groups in total. The van der Waals surface area contributed by atoms with E-state index in [9.17, 15) is 4.79 Å². The minimum absolute atomic E-state index is 0.489. The van der Waals surface area contributed by atoms with Crippen LogP contribution in [0.1, 0.15) is 61.8 Å². The summed E-state index contributed by atoms with van der Waals surface area (Å²) in [6, 6.07) is 0.573. The van der Waals surface area contributed by atoms with Crippen molar-refractivity contribution in [2.45, 2.75) is 58.9 Å². The Bertz CT molecular complexity index is 443. The van der Waals surface area contributed by atoms with Crippen LogP contribution in [-0.2, 0) is 6.42 Å². The van der Waals surface area contributed by atoms with Crippen molar-refractivity contribution >= 4 is 22.8 Å². The second kappa shape index (κ2) is 5.61. The molecule has 1 saturated carbocycles. The van der Waals surface area contributed by atoms with Crippen molar-refractivity contribution in [3.05, 3.63) is 10.6 Å². The summed E-state index contributed by atoms with van der Waals surface area (Å²) >= 11 is 1.53. The van der Waals surface area contributed by atoms with Gasteiger partial charge in [-0.2, -0.15) is 0 Å². The monoisotopic (exact) mass is 280 g/mol. The number of hydrogen-bond donors (Lipinski definition) is 0. The summed E-state index contributed by atoms with van der Waals surface area (Å²) in [6.07, 6.45) is 6.76. The van der Waals surface area contributed by atoms with E-state index in [-0.39, 0.29) is 0 Å². The topological polar surface area (TPSA) is 33.2 Å². The van der Waals surface area contributed by atoms with Gasteiger partial charge in [0.1, 0.15) is 0 Å². The standard InChI is InChI=1S/C15H24N2OS/c1-5-12-13(10-18)19-14(16-12)17(4)11-6-8-15(2,3)9-7-11/h10-11H,5-9H2,1-4H3. The van der Waals surface area contributed by atoms with Gasteiger partial charge in [-0.15, -0.1) is 0 Å². The Kier molecular flexibility index (Phi) is 4.29. The van der Waals surface area contributed by atoms with Crippen LogP contribution >= 0.6 is 11.3 Å². The Morgan fingerprint density at radius 1 is 1.42 bits per heavy atom. The highest BCUT2D eigenvalue weighted by Gasteiger charge is 2.30. The van der Waals surface area contributed by atoms with Crippen LogP contribution in [0.5, 0.6) is 0 Å². The predicted octanol–water partition coefficient (Wildman–Crippen LogP) is 3.92. The van der Waals surface area contributed by atoms with Crippen molar-refractivity contribution in [1.29, 1.82) is 0 Å². The van der Waals surface area contributed by atoms with E-state index < -0.39 is 0 Å². The molecule has 3 nitrogen and oxygen atoms in total. The van der Waals surface area contributed by atoms with Gasteiger partial charge >= 0.3 is 0 Å². The van der Waals surface area contributed by atoms with Crippen molar-refractivity contribution in [3.63, 3.8) is 0 Å². The maximum Gasteiger partial charge on any atom is 0.186 e. The van der Waals surface area contributed by atoms with Gasteiger partial charge in [0, 0.05) is 13.1 Å². The number of aldehydes is 1. The lowest BCUT2D eigenvalue weighted by molar-refractivity contribution is 0.112. The van der Waals surface area contributed by atoms with Gasteiger partial charge in [-0.3, -0.25) is 4.79 Å². The smallest absolute Gasteiger partial charge is 0.186 e. The molecule has 1 aliphatic rings. The Morgan fingerprint density at radius 2 is 2.05 bits per heavy atom. The molecule has 0 aromatic carbocycles. The Hall–Kier alpha value is -0.900. The maximum atomic E-state index is 11.0. The fourth-order valence-electron chi connectivity index (χ4n) is 2.77. The van der Waals surface area contributed by atoms with Crippen LogP contribution in [-0.4, -0.2) is 24.4 Å². The first-order valence-electron chi connectivity index (χ1n) is 7.14. The molecule has 0 atom stereocenters. The van der Waals surface area contributed by atoms with Crippen LogP contribution in [0.4, 0.5) is 5.13 Å². The lowest BCUT2D eigenvalue weighted by Gasteiger charge is -2.38. The number of thiazole rings is 1. The van der Waals surface area contributed by atoms with E-state index in [1.165, 1.54) is 37.0 Å². The van der Waals surface area contributed by atoms with Gasteiger partial charge in [0.15, 0.2) is 11.4 Å². The van der Waals surface area contributed by atoms with Crippen LogP contribution in [0.3, 0.4) is 0 Å². The van der Waals surface area contributed by atoms with E-state index in [1.807, 2.05) is 0 Å². The average Bonchev–Trinajstić information content (AvgIpc) is 2.81. The Labute approximate surface area is 120 Å². The van der Waals surface area contributed by atoms with Crippen LogP contribution in [0.25, 0.3) is 0 Å². The van der Waals surface area contributed by atoms with Crippen LogP contribution < -0.4 is 4.90 Å². The van der Waals surface area contributed by atoms with Gasteiger partial charge < -0.3 is 4.90 Å². The number of aryl methyl sites for hydroxylation is 1. The summed E-state index contributed by atoms with van der Waals surface area (Å²) in [5, 5.41) is 1.00. The molecule has 106 valence electrons. The number of aromatic nitrogens is 1. The van der Waals surface area contributed by atoms with E-state index in [4.69, 9.17) is 0 Å². The lowest BCUT2D eigenvalue weighted by Crippen LogP contribution is -2.37. The first-order valence-corrected chi connectivity index (χ1v) is 7.96. The van der Waals surface area contributed by atoms with Crippen molar-refractivity contribution in [1.82, 2.24) is 4.98 Å². The average molecular weight is 280 g/mol. The summed E-state index contributed by atoms with van der Waals surface area (Å²) < 4.78 is 0. The van der Waals surface area contributed by atoms with Gasteiger partial charge in [-0.25, -0.2) is 4.98 Å². The van der Waals surface area contributed by atoms with E-state index in [0.717, 1.165) is 28.4 Å². The van der Waals surface area contributed by atoms with Crippen LogP contribution in [0, 0.1) is 5.41 Å². The predicted molar refractivity (Wildman–Crippen MR) is 81.3 cm³/mol. The van der Waals surface area contributed by atoms with Crippen molar-refractivity contribution in [3.8, 4) is 0 Å². The number of carbonyl (C=O) groups excluding carboxylic acids is 1. The number of nitrogens with zero attached hydrogens (tertiary/aromatic N) is 2. The third-order valence-electron chi connectivity index (χ3n) is 4.32. The number of hydrogen-bond acceptors (Lipinski definition) is 4. The van der Waals surface area contributed by atoms with Gasteiger partial charge in [0.25, 0.3) is 0 Å². The first-order chi connectivity index (χ1) is 8.96. The summed E-state index contributed by atoms with van der Waals surface area (Å²) in [5.41, 5.74) is 1.43. The number of carbonyl (C=O) groups is 1. The molecule has 0 radical (unpaired) electrons. The molecular formula is C15H24N2OS. The highest BCUT2D eigenvalue weighted by molar-refractivity contribution is 7.17. The van der Waals surface area contributed by atoms with Crippen molar-refractivity contribution < 1.29 is 4.79 Å². The molecule has 1 aromatic heterocycles. The molecule has 1 aromatic rings. The fourth-order valence-corrected chi connectivity index (χ4v) is 3.78. The first kappa shape index (κ1) is 14.5. The number of rotatable bonds is 4. The zero-order valence-corrected chi connectivity index (χ0v) is 13.2. The molecule has 2 rings (SSSR count). The van der Waals surface area contributed by atoms with Crippen molar-refractivity contribution in [2.24, 2.45) is 5.41 Å². The molecule has 1 heterocycles. The minimum atomic E-state index is 0.489. The minimum Gasteiger partial charge on any atom is -0.348 e. The summed E-state index contributed by atoms with van der Waals surface area (Å²) in [5.74, 6) is 0. The fraction of sp³-hybridized carbons (Fsp3) is 0.733. The Balaban J connectivity index is 2.09. The summed E-state index contributed by atoms with van der Waals surface area (Å²) in [7, 11) is 2.12. The SMILES string of the molecule is CCc1nc(N(C)C2CCC(C)(C)CC2)sc1C=O. The number of anilines is 1. The van der Waals surface area contributed by atoms with Crippen molar-refractivity contribution in [2.75, 3.05) is 11.9 Å². The second-order valence-corrected chi connectivity index (χ2v) is 7.29. The van der Waals surface area contributed by atoms with Gasteiger partial charge in [0.2, 0.25) is 0 Å². The van der Waals surface area contributed by atoms with E-state index in [0.29, 0.717) is 11.5 Å². The zero-order valence-electron chi connectivity index (χ0n) is 12.4. The Morgan fingerprint density at radius 3 is 2.53 bits per heavy atom. The van der Waals surface area contributed by atoms with Crippen LogP contribution in [0.15, 0.2) is 0 Å². The molecular weight excluding hydrogens is 256 g/mol. The molecule has 0 saturated heterocycles. The van der Waals surface area contributed by atoms with Gasteiger partial charge in [-0.05, 0) is 37.5 Å². The molecule has 4 heteroatoms. The van der Waals surface area contributed by atoms with E-state index in [2.05, 4.69) is 37.7 Å². The third kappa shape index (κ3) is 3.16. The molecule has 19 heavy (non-hydrogen) atoms. The second-order valence-electron chi connectivity index (χ2n) is 6.29. The molecule has 0 amide bonds. The lowest BCUT2D eigenvalue weighted by atomic mass is 9.75. The molecule has 0 spiro atoms. The van der Waals surface area contributed by atoms with E-state index >= 15 is 0 Å². The third-order valence-corrected chi connectivity index (χ3v) is 5.43. The van der Waals surface area contributed by atoms with Gasteiger partial charge in [0.05, 0.1) is 10.6 Å². The summed E-state index contributed by atoms with van der Waals surface area (Å²) in [4.78, 5) is 18.7. The highest BCUT2D eigenvalue weighted by atomic mass is 32.1. The molecule has 0 bridgehead atoms. The largest absolute Gasteiger partial charge is 0.348 e. The van der Waals surface area contributed by atoms with Crippen LogP contribution in [0.2, 0.25) is 0 Å². The molecule has 1 fully saturated rings. The summed E-state index contributed by atoms with van der Waals surface area (Å²) in [6.45, 7) is 6.76. The molecule has 1 aliphatic carbocycles. The van der Waals surface area contributed by atoms with Gasteiger partial charge in [-0.1, -0.05) is 32.1 Å². The highest BCUT2D eigenvalue weighted by Crippen LogP contribution is 2.38. The normalized spacial score (nSPS) is 19.4. The quantitative estimate of drug-likeness (QED) is 0.784. The molecule has 0 unspecified atom stereocenters. The maximum absolute atomic E-state index is 11.0.